The summed E-state index contributed by atoms with van der Waals surface area (Å²) in [6.45, 7) is 0. The highest BCUT2D eigenvalue weighted by molar-refractivity contribution is 5.78. The lowest BCUT2D eigenvalue weighted by atomic mass is 9.95. The van der Waals surface area contributed by atoms with Gasteiger partial charge in [-0.2, -0.15) is 0 Å². The average Bonchev–Trinajstić information content (AvgIpc) is 2.69. The predicted octanol–water partition coefficient (Wildman–Crippen LogP) is 5.18. The largest absolute Gasteiger partial charge is 0.507 e. The quantitative estimate of drug-likeness (QED) is 0.373. The number of methoxy groups -OCH3 is 1. The molecule has 0 aliphatic carbocycles. The van der Waals surface area contributed by atoms with Gasteiger partial charge in [-0.05, 0) is 41.3 Å². The Bertz CT molecular complexity index is 981. The molecule has 0 unspecified atom stereocenters. The molecule has 0 heterocycles. The number of hydrogen-bond donors (Lipinski definition) is 1. The van der Waals surface area contributed by atoms with E-state index in [0.29, 0.717) is 23.1 Å². The van der Waals surface area contributed by atoms with Crippen molar-refractivity contribution < 1.29 is 14.8 Å². The van der Waals surface area contributed by atoms with E-state index in [1.54, 1.807) is 18.2 Å². The van der Waals surface area contributed by atoms with E-state index in [9.17, 15) is 15.2 Å². The van der Waals surface area contributed by atoms with E-state index < -0.39 is 4.92 Å². The molecule has 27 heavy (non-hydrogen) atoms. The van der Waals surface area contributed by atoms with Gasteiger partial charge >= 0.3 is 0 Å². The van der Waals surface area contributed by atoms with Gasteiger partial charge in [-0.25, -0.2) is 0 Å². The van der Waals surface area contributed by atoms with Crippen molar-refractivity contribution in [3.8, 4) is 16.9 Å². The van der Waals surface area contributed by atoms with E-state index in [1.165, 1.54) is 25.5 Å². The highest BCUT2D eigenvalue weighted by Crippen LogP contribution is 2.36. The van der Waals surface area contributed by atoms with Crippen LogP contribution in [-0.4, -0.2) is 17.1 Å². The first-order valence-electron chi connectivity index (χ1n) is 8.42. The third kappa shape index (κ3) is 4.33. The summed E-state index contributed by atoms with van der Waals surface area (Å²) in [6, 6.07) is 20.0. The van der Waals surface area contributed by atoms with Crippen LogP contribution in [0.2, 0.25) is 0 Å². The number of nitro groups is 1. The van der Waals surface area contributed by atoms with Crippen LogP contribution in [0.3, 0.4) is 0 Å². The Balaban J connectivity index is 2.11. The molecule has 0 aliphatic heterocycles. The summed E-state index contributed by atoms with van der Waals surface area (Å²) in [6.07, 6.45) is 3.83. The van der Waals surface area contributed by atoms with Crippen molar-refractivity contribution in [3.63, 3.8) is 0 Å². The zero-order valence-corrected chi connectivity index (χ0v) is 14.8. The van der Waals surface area contributed by atoms with E-state index in [1.807, 2.05) is 42.5 Å². The molecule has 1 N–H and O–H groups in total. The maximum Gasteiger partial charge on any atom is 0.270 e. The van der Waals surface area contributed by atoms with Crippen LogP contribution in [0, 0.1) is 10.1 Å². The highest BCUT2D eigenvalue weighted by Gasteiger charge is 2.14. The van der Waals surface area contributed by atoms with Gasteiger partial charge in [0, 0.05) is 23.3 Å². The summed E-state index contributed by atoms with van der Waals surface area (Å²) in [5.74, 6) is 0.0561. The second-order valence-corrected chi connectivity index (χ2v) is 6.09. The van der Waals surface area contributed by atoms with Crippen molar-refractivity contribution in [1.29, 1.82) is 0 Å². The number of nitrogens with zero attached hydrogens (tertiary/aromatic N) is 1. The van der Waals surface area contributed by atoms with Crippen molar-refractivity contribution in [2.75, 3.05) is 7.11 Å². The van der Waals surface area contributed by atoms with Crippen LogP contribution in [0.25, 0.3) is 17.2 Å². The zero-order valence-electron chi connectivity index (χ0n) is 14.8. The molecule has 3 aromatic rings. The maximum atomic E-state index is 11.1. The van der Waals surface area contributed by atoms with Crippen LogP contribution < -0.4 is 0 Å². The molecule has 0 atom stereocenters. The third-order valence-electron chi connectivity index (χ3n) is 4.20. The van der Waals surface area contributed by atoms with Crippen LogP contribution in [-0.2, 0) is 11.2 Å². The molecule has 136 valence electrons. The molecular formula is C22H19NO4. The average molecular weight is 361 g/mol. The first-order valence-corrected chi connectivity index (χ1v) is 8.42. The Morgan fingerprint density at radius 3 is 2.52 bits per heavy atom. The van der Waals surface area contributed by atoms with E-state index in [0.717, 1.165) is 11.1 Å². The normalized spacial score (nSPS) is 10.9. The Hall–Kier alpha value is -3.60. The molecule has 5 nitrogen and oxygen atoms in total. The van der Waals surface area contributed by atoms with Crippen LogP contribution in [0.15, 0.2) is 73.0 Å². The number of rotatable bonds is 6. The summed E-state index contributed by atoms with van der Waals surface area (Å²) in [7, 11) is 1.53. The molecule has 0 saturated heterocycles. The molecule has 0 saturated carbocycles. The summed E-state index contributed by atoms with van der Waals surface area (Å²) >= 11 is 0. The molecule has 0 aromatic heterocycles. The molecule has 5 heteroatoms. The molecule has 0 bridgehead atoms. The van der Waals surface area contributed by atoms with Crippen molar-refractivity contribution in [1.82, 2.24) is 0 Å². The van der Waals surface area contributed by atoms with Gasteiger partial charge < -0.3 is 9.84 Å². The van der Waals surface area contributed by atoms with Crippen LogP contribution >= 0.6 is 0 Å². The topological polar surface area (TPSA) is 72.6 Å². The summed E-state index contributed by atoms with van der Waals surface area (Å²) < 4.78 is 4.97. The molecule has 0 fully saturated rings. The van der Waals surface area contributed by atoms with Crippen LogP contribution in [0.5, 0.6) is 5.75 Å². The first kappa shape index (κ1) is 18.2. The number of ether oxygens (including phenoxy) is 1. The second-order valence-electron chi connectivity index (χ2n) is 6.09. The fourth-order valence-electron chi connectivity index (χ4n) is 2.93. The highest BCUT2D eigenvalue weighted by atomic mass is 16.6. The summed E-state index contributed by atoms with van der Waals surface area (Å²) in [5.41, 5.74) is 3.82. The molecular weight excluding hydrogens is 342 g/mol. The molecule has 3 rings (SSSR count). The van der Waals surface area contributed by atoms with Crippen molar-refractivity contribution in [2.45, 2.75) is 6.42 Å². The molecule has 0 amide bonds. The Morgan fingerprint density at radius 2 is 1.81 bits per heavy atom. The van der Waals surface area contributed by atoms with Gasteiger partial charge in [-0.3, -0.25) is 10.1 Å². The SMILES string of the molecule is COC=Cc1cc(Cc2ccccc2)cc(-c2cccc([N+](=O)[O-])c2)c1O. The van der Waals surface area contributed by atoms with Crippen molar-refractivity contribution >= 4 is 11.8 Å². The van der Waals surface area contributed by atoms with Gasteiger partial charge in [0.1, 0.15) is 5.75 Å². The lowest BCUT2D eigenvalue weighted by molar-refractivity contribution is -0.384. The maximum absolute atomic E-state index is 11.1. The number of aromatic hydroxyl groups is 1. The van der Waals surface area contributed by atoms with Crippen molar-refractivity contribution in [2.24, 2.45) is 0 Å². The Labute approximate surface area is 157 Å². The van der Waals surface area contributed by atoms with E-state index in [-0.39, 0.29) is 11.4 Å². The second kappa shape index (κ2) is 8.19. The monoisotopic (exact) mass is 361 g/mol. The molecule has 0 spiro atoms. The smallest absolute Gasteiger partial charge is 0.270 e. The lowest BCUT2D eigenvalue weighted by Gasteiger charge is -2.12. The fourth-order valence-corrected chi connectivity index (χ4v) is 2.93. The standard InChI is InChI=1S/C22H19NO4/c1-27-11-10-19-13-17(12-16-6-3-2-4-7-16)14-21(22(19)24)18-8-5-9-20(15-18)23(25)26/h2-11,13-15,24H,12H2,1H3. The minimum atomic E-state index is -0.444. The zero-order chi connectivity index (χ0) is 19.2. The number of non-ortho nitro benzene ring substituents is 1. The van der Waals surface area contributed by atoms with Crippen LogP contribution in [0.4, 0.5) is 5.69 Å². The molecule has 3 aromatic carbocycles. The number of nitro benzene ring substituents is 1. The number of phenols is 1. The van der Waals surface area contributed by atoms with Gasteiger partial charge in [0.25, 0.3) is 5.69 Å². The lowest BCUT2D eigenvalue weighted by Crippen LogP contribution is -1.93. The van der Waals surface area contributed by atoms with E-state index >= 15 is 0 Å². The van der Waals surface area contributed by atoms with Gasteiger partial charge in [0.15, 0.2) is 0 Å². The summed E-state index contributed by atoms with van der Waals surface area (Å²) in [5, 5.41) is 21.8. The fraction of sp³-hybridized carbons (Fsp3) is 0.0909. The Kier molecular flexibility index (Phi) is 5.52. The minimum absolute atomic E-state index is 0.0191. The first-order chi connectivity index (χ1) is 13.1. The predicted molar refractivity (Wildman–Crippen MR) is 105 cm³/mol. The number of phenolic OH excluding ortho intramolecular Hbond substituents is 1. The van der Waals surface area contributed by atoms with E-state index in [4.69, 9.17) is 4.74 Å². The van der Waals surface area contributed by atoms with Gasteiger partial charge in [-0.15, -0.1) is 0 Å². The van der Waals surface area contributed by atoms with Gasteiger partial charge in [-0.1, -0.05) is 42.5 Å². The Morgan fingerprint density at radius 1 is 1.04 bits per heavy atom. The molecule has 0 aliphatic rings. The third-order valence-corrected chi connectivity index (χ3v) is 4.20. The number of benzene rings is 3. The number of hydrogen-bond acceptors (Lipinski definition) is 4. The molecule has 0 radical (unpaired) electrons. The summed E-state index contributed by atoms with van der Waals surface area (Å²) in [4.78, 5) is 10.7. The van der Waals surface area contributed by atoms with E-state index in [2.05, 4.69) is 0 Å². The minimum Gasteiger partial charge on any atom is -0.507 e. The van der Waals surface area contributed by atoms with Gasteiger partial charge in [0.05, 0.1) is 18.3 Å². The van der Waals surface area contributed by atoms with Crippen LogP contribution in [0.1, 0.15) is 16.7 Å². The van der Waals surface area contributed by atoms with Gasteiger partial charge in [0.2, 0.25) is 0 Å². The van der Waals surface area contributed by atoms with Crippen molar-refractivity contribution in [3.05, 3.63) is 99.8 Å².